The lowest BCUT2D eigenvalue weighted by Gasteiger charge is -2.18. The second-order valence-electron chi connectivity index (χ2n) is 19.5. The number of hydrogen-bond acceptors (Lipinski definition) is 8. The number of aliphatic hydroxyl groups excluding tert-OH is 1. The summed E-state index contributed by atoms with van der Waals surface area (Å²) in [7, 11) is -4.76. The number of phosphoric acid groups is 1. The first-order chi connectivity index (χ1) is 32.6. The van der Waals surface area contributed by atoms with Crippen LogP contribution in [0.3, 0.4) is 0 Å². The first-order valence-corrected chi connectivity index (χ1v) is 29.7. The Morgan fingerprint density at radius 2 is 0.776 bits per heavy atom. The van der Waals surface area contributed by atoms with Crippen molar-refractivity contribution >= 4 is 25.7 Å². The second kappa shape index (κ2) is 50.6. The minimum absolute atomic E-state index is 0.147. The number of phosphoric ester groups is 1. The molecule has 0 aromatic heterocycles. The number of carboxylic acids is 1. The Hall–Kier alpha value is -1.78. The fourth-order valence-corrected chi connectivity index (χ4v) is 9.20. The summed E-state index contributed by atoms with van der Waals surface area (Å²) in [6, 6.07) is -1.54. The number of carbonyl (C=O) groups excluding carboxylic acids is 2. The number of hydrogen-bond donors (Lipinski definition) is 4. The van der Waals surface area contributed by atoms with Gasteiger partial charge in [-0.1, -0.05) is 251 Å². The number of unbranched alkanes of at least 4 members (excludes halogenated alkanes) is 38. The lowest BCUT2D eigenvalue weighted by atomic mass is 10.0. The fraction of sp³-hybridized carbons (Fsp3) is 0.909. The number of carboxylic acid groups (broad SMARTS) is 1. The fourth-order valence-electron chi connectivity index (χ4n) is 8.43. The Morgan fingerprint density at radius 3 is 1.13 bits per heavy atom. The zero-order valence-electron chi connectivity index (χ0n) is 43.5. The van der Waals surface area contributed by atoms with E-state index < -0.39 is 57.6 Å². The summed E-state index contributed by atoms with van der Waals surface area (Å²) in [6.07, 6.45) is 55.3. The SMILES string of the molecule is CCCCCCCC/C=C/CCCCCCCCCCCC(=O)NC(COP(=O)(O)OCC(O)COC(=O)CCCCCCCCCCCCCCCCCCCCCCCCCC)C(=O)O. The Labute approximate surface area is 411 Å². The molecule has 0 heterocycles. The molecule has 0 aromatic carbocycles. The van der Waals surface area contributed by atoms with Crippen LogP contribution in [0.1, 0.15) is 290 Å². The normalized spacial score (nSPS) is 13.5. The van der Waals surface area contributed by atoms with Gasteiger partial charge in [-0.15, -0.1) is 0 Å². The van der Waals surface area contributed by atoms with Gasteiger partial charge in [0.15, 0.2) is 6.04 Å². The Morgan fingerprint density at radius 1 is 0.463 bits per heavy atom. The van der Waals surface area contributed by atoms with Crippen LogP contribution >= 0.6 is 7.82 Å². The van der Waals surface area contributed by atoms with E-state index in [1.165, 1.54) is 212 Å². The summed E-state index contributed by atoms with van der Waals surface area (Å²) in [4.78, 5) is 46.2. The highest BCUT2D eigenvalue weighted by Crippen LogP contribution is 2.43. The van der Waals surface area contributed by atoms with Crippen LogP contribution in [0.25, 0.3) is 0 Å². The van der Waals surface area contributed by atoms with Crippen molar-refractivity contribution in [3.8, 4) is 0 Å². The first kappa shape index (κ1) is 65.2. The number of aliphatic hydroxyl groups is 1. The number of ether oxygens (including phenoxy) is 1. The lowest BCUT2D eigenvalue weighted by molar-refractivity contribution is -0.147. The van der Waals surface area contributed by atoms with Gasteiger partial charge in [0.05, 0.1) is 13.2 Å². The monoisotopic (exact) mass is 972 g/mol. The molecule has 1 amide bonds. The number of amides is 1. The highest BCUT2D eigenvalue weighted by Gasteiger charge is 2.28. The minimum Gasteiger partial charge on any atom is -0.480 e. The van der Waals surface area contributed by atoms with E-state index in [0.717, 1.165) is 38.5 Å². The average Bonchev–Trinajstić information content (AvgIpc) is 3.31. The number of esters is 1. The van der Waals surface area contributed by atoms with Crippen molar-refractivity contribution in [3.05, 3.63) is 12.2 Å². The zero-order chi connectivity index (χ0) is 49.2. The largest absolute Gasteiger partial charge is 0.480 e. The van der Waals surface area contributed by atoms with Crippen LogP contribution in [0.4, 0.5) is 0 Å². The molecule has 0 spiro atoms. The summed E-state index contributed by atoms with van der Waals surface area (Å²) in [5.74, 6) is -2.35. The molecule has 0 bridgehead atoms. The molecular formula is C55H106NO10P. The molecule has 0 saturated carbocycles. The predicted molar refractivity (Wildman–Crippen MR) is 277 cm³/mol. The molecule has 0 rings (SSSR count). The number of aliphatic carboxylic acids is 1. The van der Waals surface area contributed by atoms with Gasteiger partial charge < -0.3 is 25.2 Å². The minimum atomic E-state index is -4.76. The maximum absolute atomic E-state index is 12.4. The smallest absolute Gasteiger partial charge is 0.472 e. The molecule has 3 unspecified atom stereocenters. The van der Waals surface area contributed by atoms with Crippen LogP contribution in [-0.2, 0) is 32.7 Å². The Kier molecular flexibility index (Phi) is 49.3. The van der Waals surface area contributed by atoms with E-state index >= 15 is 0 Å². The third-order valence-electron chi connectivity index (χ3n) is 12.8. The van der Waals surface area contributed by atoms with Crippen LogP contribution in [0.5, 0.6) is 0 Å². The van der Waals surface area contributed by atoms with Gasteiger partial charge in [-0.2, -0.15) is 0 Å². The first-order valence-electron chi connectivity index (χ1n) is 28.2. The average molecular weight is 972 g/mol. The van der Waals surface area contributed by atoms with Gasteiger partial charge >= 0.3 is 19.8 Å². The number of carbonyl (C=O) groups is 3. The molecule has 12 heteroatoms. The molecule has 11 nitrogen and oxygen atoms in total. The van der Waals surface area contributed by atoms with Crippen molar-refractivity contribution in [1.29, 1.82) is 0 Å². The summed E-state index contributed by atoms with van der Waals surface area (Å²) in [5.41, 5.74) is 0. The second-order valence-corrected chi connectivity index (χ2v) is 20.9. The summed E-state index contributed by atoms with van der Waals surface area (Å²) in [5, 5.41) is 22.0. The van der Waals surface area contributed by atoms with Crippen LogP contribution in [0.15, 0.2) is 12.2 Å². The van der Waals surface area contributed by atoms with Crippen molar-refractivity contribution in [3.63, 3.8) is 0 Å². The number of allylic oxidation sites excluding steroid dienone is 2. The Bertz CT molecular complexity index is 1190. The van der Waals surface area contributed by atoms with E-state index in [1.807, 2.05) is 0 Å². The van der Waals surface area contributed by atoms with Crippen molar-refractivity contribution in [2.24, 2.45) is 0 Å². The molecule has 0 saturated heterocycles. The molecule has 0 fully saturated rings. The highest BCUT2D eigenvalue weighted by molar-refractivity contribution is 7.47. The third-order valence-corrected chi connectivity index (χ3v) is 13.8. The summed E-state index contributed by atoms with van der Waals surface area (Å²) in [6.45, 7) is 2.66. The quantitative estimate of drug-likeness (QED) is 0.0199. The molecule has 0 aliphatic rings. The van der Waals surface area contributed by atoms with Gasteiger partial charge in [-0.05, 0) is 38.5 Å². The van der Waals surface area contributed by atoms with Crippen LogP contribution in [-0.4, -0.2) is 64.9 Å². The van der Waals surface area contributed by atoms with Crippen LogP contribution in [0, 0.1) is 0 Å². The number of nitrogens with one attached hydrogen (secondary N) is 1. The molecule has 0 aliphatic carbocycles. The van der Waals surface area contributed by atoms with E-state index in [2.05, 4.69) is 31.3 Å². The molecule has 0 aromatic rings. The van der Waals surface area contributed by atoms with E-state index in [-0.39, 0.29) is 12.8 Å². The van der Waals surface area contributed by atoms with Crippen molar-refractivity contribution < 1.29 is 47.8 Å². The molecule has 4 N–H and O–H groups in total. The molecular weight excluding hydrogens is 866 g/mol. The van der Waals surface area contributed by atoms with Crippen molar-refractivity contribution in [1.82, 2.24) is 5.32 Å². The Balaban J connectivity index is 3.73. The standard InChI is InChI=1S/C55H106NO10P/c1-3-5-7-9-11-13-15-17-19-21-23-24-25-26-27-29-31-33-35-37-39-41-43-45-47-54(59)64-48-51(57)49-65-67(62,63)66-50-52(55(60)61)56-53(58)46-44-42-40-38-36-34-32-30-28-22-20-18-16-14-12-10-8-6-4-2/h18,20,51-52,57H,3-17,19,21-50H2,1-2H3,(H,56,58)(H,60,61)(H,62,63)/b20-18+. The molecule has 3 atom stereocenters. The summed E-state index contributed by atoms with van der Waals surface area (Å²) < 4.78 is 27.0. The van der Waals surface area contributed by atoms with Gasteiger partial charge in [-0.25, -0.2) is 9.36 Å². The van der Waals surface area contributed by atoms with Crippen molar-refractivity contribution in [2.45, 2.75) is 302 Å². The van der Waals surface area contributed by atoms with E-state index in [9.17, 15) is 34.1 Å². The maximum atomic E-state index is 12.4. The number of rotatable bonds is 54. The topological polar surface area (TPSA) is 169 Å². The summed E-state index contributed by atoms with van der Waals surface area (Å²) >= 11 is 0. The van der Waals surface area contributed by atoms with Crippen LogP contribution < -0.4 is 5.32 Å². The van der Waals surface area contributed by atoms with Crippen molar-refractivity contribution in [2.75, 3.05) is 19.8 Å². The predicted octanol–water partition coefficient (Wildman–Crippen LogP) is 16.0. The van der Waals surface area contributed by atoms with Gasteiger partial charge in [0.2, 0.25) is 5.91 Å². The zero-order valence-corrected chi connectivity index (χ0v) is 44.4. The van der Waals surface area contributed by atoms with Crippen LogP contribution in [0.2, 0.25) is 0 Å². The lowest BCUT2D eigenvalue weighted by Crippen LogP contribution is -2.43. The van der Waals surface area contributed by atoms with E-state index in [4.69, 9.17) is 13.8 Å². The van der Waals surface area contributed by atoms with Gasteiger partial charge in [0.1, 0.15) is 12.7 Å². The molecule has 67 heavy (non-hydrogen) atoms. The maximum Gasteiger partial charge on any atom is 0.472 e. The third kappa shape index (κ3) is 50.4. The van der Waals surface area contributed by atoms with E-state index in [1.54, 1.807) is 0 Å². The van der Waals surface area contributed by atoms with Gasteiger partial charge in [0.25, 0.3) is 0 Å². The molecule has 0 aliphatic heterocycles. The van der Waals surface area contributed by atoms with E-state index in [0.29, 0.717) is 12.8 Å². The molecule has 396 valence electrons. The highest BCUT2D eigenvalue weighted by atomic mass is 31.2. The molecule has 0 radical (unpaired) electrons. The van der Waals surface area contributed by atoms with Gasteiger partial charge in [0, 0.05) is 12.8 Å². The van der Waals surface area contributed by atoms with Gasteiger partial charge in [-0.3, -0.25) is 18.6 Å².